The summed E-state index contributed by atoms with van der Waals surface area (Å²) in [5, 5.41) is 3.02. The van der Waals surface area contributed by atoms with Crippen molar-refractivity contribution in [2.75, 3.05) is 13.1 Å². The second-order valence-electron chi connectivity index (χ2n) is 8.09. The molecule has 0 atom stereocenters. The highest BCUT2D eigenvalue weighted by atomic mass is 16.2. The maximum absolute atomic E-state index is 12.6. The minimum Gasteiger partial charge on any atom is -0.355 e. The molecule has 0 bridgehead atoms. The summed E-state index contributed by atoms with van der Waals surface area (Å²) in [5.74, 6) is -0.587. The lowest BCUT2D eigenvalue weighted by atomic mass is 9.91. The molecule has 0 aromatic heterocycles. The summed E-state index contributed by atoms with van der Waals surface area (Å²) >= 11 is 0. The van der Waals surface area contributed by atoms with Crippen LogP contribution in [0.2, 0.25) is 0 Å². The van der Waals surface area contributed by atoms with Crippen LogP contribution in [0.5, 0.6) is 0 Å². The van der Waals surface area contributed by atoms with Crippen molar-refractivity contribution in [2.24, 2.45) is 0 Å². The van der Waals surface area contributed by atoms with E-state index in [9.17, 15) is 14.4 Å². The first kappa shape index (κ1) is 21.5. The number of carbonyl (C=O) groups is 3. The Kier molecular flexibility index (Phi) is 6.45. The molecule has 1 aliphatic rings. The summed E-state index contributed by atoms with van der Waals surface area (Å²) in [6.07, 6.45) is 0.681. The highest BCUT2D eigenvalue weighted by molar-refractivity contribution is 6.21. The van der Waals surface area contributed by atoms with Gasteiger partial charge < -0.3 is 5.32 Å². The van der Waals surface area contributed by atoms with Gasteiger partial charge in [0.2, 0.25) is 5.91 Å². The molecule has 0 aliphatic carbocycles. The van der Waals surface area contributed by atoms with Gasteiger partial charge in [0.1, 0.15) is 0 Å². The quantitative estimate of drug-likeness (QED) is 0.546. The standard InChI is InChI=1S/C27H26N2O3/c1-19-14-15-22-23(17-19)27(32)29(26(22)31)16-8-13-25(30)28-18-24(20-9-4-2-5-10-20)21-11-6-3-7-12-21/h2-7,9-12,14-15,17,24H,8,13,16,18H2,1H3,(H,28,30). The van der Waals surface area contributed by atoms with Crippen LogP contribution in [0.15, 0.2) is 78.9 Å². The molecule has 1 aliphatic heterocycles. The van der Waals surface area contributed by atoms with Crippen LogP contribution >= 0.6 is 0 Å². The zero-order valence-electron chi connectivity index (χ0n) is 18.1. The fourth-order valence-corrected chi connectivity index (χ4v) is 4.11. The summed E-state index contributed by atoms with van der Waals surface area (Å²) < 4.78 is 0. The summed E-state index contributed by atoms with van der Waals surface area (Å²) in [4.78, 5) is 38.9. The van der Waals surface area contributed by atoms with Crippen molar-refractivity contribution < 1.29 is 14.4 Å². The van der Waals surface area contributed by atoms with E-state index in [2.05, 4.69) is 29.6 Å². The van der Waals surface area contributed by atoms with Crippen molar-refractivity contribution >= 4 is 17.7 Å². The molecule has 0 radical (unpaired) electrons. The Bertz CT molecular complexity index is 1090. The lowest BCUT2D eigenvalue weighted by Crippen LogP contribution is -2.33. The Labute approximate surface area is 188 Å². The summed E-state index contributed by atoms with van der Waals surface area (Å²) in [7, 11) is 0. The minimum absolute atomic E-state index is 0.0563. The van der Waals surface area contributed by atoms with Gasteiger partial charge in [0, 0.05) is 25.4 Å². The van der Waals surface area contributed by atoms with Gasteiger partial charge in [0.05, 0.1) is 11.1 Å². The third-order valence-corrected chi connectivity index (χ3v) is 5.82. The van der Waals surface area contributed by atoms with Gasteiger partial charge >= 0.3 is 0 Å². The second kappa shape index (κ2) is 9.60. The molecule has 32 heavy (non-hydrogen) atoms. The van der Waals surface area contributed by atoms with Crippen molar-refractivity contribution in [2.45, 2.75) is 25.7 Å². The molecular weight excluding hydrogens is 400 g/mol. The second-order valence-corrected chi connectivity index (χ2v) is 8.09. The Morgan fingerprint density at radius 2 is 1.44 bits per heavy atom. The van der Waals surface area contributed by atoms with Crippen molar-refractivity contribution in [1.82, 2.24) is 10.2 Å². The van der Waals surface area contributed by atoms with Gasteiger partial charge in [-0.05, 0) is 36.6 Å². The molecule has 0 unspecified atom stereocenters. The molecule has 1 N–H and O–H groups in total. The van der Waals surface area contributed by atoms with Crippen LogP contribution in [0.3, 0.4) is 0 Å². The van der Waals surface area contributed by atoms with Gasteiger partial charge in [-0.1, -0.05) is 72.3 Å². The van der Waals surface area contributed by atoms with Gasteiger partial charge in [-0.2, -0.15) is 0 Å². The number of benzene rings is 3. The first-order chi connectivity index (χ1) is 15.5. The van der Waals surface area contributed by atoms with E-state index < -0.39 is 0 Å². The van der Waals surface area contributed by atoms with Crippen LogP contribution in [0.1, 0.15) is 56.2 Å². The summed E-state index contributed by atoms with van der Waals surface area (Å²) in [5.41, 5.74) is 4.12. The van der Waals surface area contributed by atoms with E-state index in [4.69, 9.17) is 0 Å². The average Bonchev–Trinajstić information content (AvgIpc) is 3.05. The van der Waals surface area contributed by atoms with Crippen molar-refractivity contribution in [3.8, 4) is 0 Å². The van der Waals surface area contributed by atoms with Crippen LogP contribution in [0, 0.1) is 6.92 Å². The van der Waals surface area contributed by atoms with Crippen LogP contribution in [-0.2, 0) is 4.79 Å². The van der Waals surface area contributed by atoms with Crippen LogP contribution < -0.4 is 5.32 Å². The number of imide groups is 1. The van der Waals surface area contributed by atoms with Crippen LogP contribution in [-0.4, -0.2) is 35.7 Å². The number of nitrogens with one attached hydrogen (secondary N) is 1. The number of aryl methyl sites for hydroxylation is 1. The molecule has 0 spiro atoms. The van der Waals surface area contributed by atoms with Gasteiger partial charge in [-0.3, -0.25) is 19.3 Å². The largest absolute Gasteiger partial charge is 0.355 e. The zero-order chi connectivity index (χ0) is 22.5. The first-order valence-corrected chi connectivity index (χ1v) is 10.9. The van der Waals surface area contributed by atoms with Gasteiger partial charge in [-0.15, -0.1) is 0 Å². The molecule has 3 amide bonds. The van der Waals surface area contributed by atoms with Crippen molar-refractivity contribution in [3.63, 3.8) is 0 Å². The number of fused-ring (bicyclic) bond motifs is 1. The van der Waals surface area contributed by atoms with E-state index in [-0.39, 0.29) is 36.6 Å². The zero-order valence-corrected chi connectivity index (χ0v) is 18.1. The van der Waals surface area contributed by atoms with E-state index in [0.717, 1.165) is 16.7 Å². The van der Waals surface area contributed by atoms with E-state index in [1.54, 1.807) is 12.1 Å². The molecule has 5 heteroatoms. The van der Waals surface area contributed by atoms with E-state index in [1.165, 1.54) is 4.90 Å². The molecule has 1 heterocycles. The smallest absolute Gasteiger partial charge is 0.261 e. The molecular formula is C27H26N2O3. The topological polar surface area (TPSA) is 66.5 Å². The van der Waals surface area contributed by atoms with E-state index in [0.29, 0.717) is 24.1 Å². The normalized spacial score (nSPS) is 12.9. The molecule has 5 nitrogen and oxygen atoms in total. The molecule has 3 aromatic carbocycles. The third-order valence-electron chi connectivity index (χ3n) is 5.82. The third kappa shape index (κ3) is 4.62. The first-order valence-electron chi connectivity index (χ1n) is 10.9. The fourth-order valence-electron chi connectivity index (χ4n) is 4.11. The van der Waals surface area contributed by atoms with Crippen LogP contribution in [0.25, 0.3) is 0 Å². The average molecular weight is 427 g/mol. The fraction of sp³-hybridized carbons (Fsp3) is 0.222. The Morgan fingerprint density at radius 3 is 2.06 bits per heavy atom. The molecule has 3 aromatic rings. The maximum Gasteiger partial charge on any atom is 0.261 e. The number of rotatable bonds is 8. The highest BCUT2D eigenvalue weighted by Crippen LogP contribution is 2.25. The molecule has 0 saturated carbocycles. The predicted molar refractivity (Wildman–Crippen MR) is 124 cm³/mol. The van der Waals surface area contributed by atoms with Crippen molar-refractivity contribution in [1.29, 1.82) is 0 Å². The van der Waals surface area contributed by atoms with Crippen molar-refractivity contribution in [3.05, 3.63) is 107 Å². The molecule has 0 fully saturated rings. The molecule has 4 rings (SSSR count). The number of hydrogen-bond acceptors (Lipinski definition) is 3. The van der Waals surface area contributed by atoms with Gasteiger partial charge in [0.25, 0.3) is 11.8 Å². The summed E-state index contributed by atoms with van der Waals surface area (Å²) in [6.45, 7) is 2.61. The maximum atomic E-state index is 12.6. The lowest BCUT2D eigenvalue weighted by molar-refractivity contribution is -0.121. The van der Waals surface area contributed by atoms with Gasteiger partial charge in [-0.25, -0.2) is 0 Å². The minimum atomic E-state index is -0.279. The van der Waals surface area contributed by atoms with Crippen LogP contribution in [0.4, 0.5) is 0 Å². The van der Waals surface area contributed by atoms with E-state index in [1.807, 2.05) is 49.4 Å². The number of hydrogen-bond donors (Lipinski definition) is 1. The number of amides is 3. The SMILES string of the molecule is Cc1ccc2c(c1)C(=O)N(CCCC(=O)NCC(c1ccccc1)c1ccccc1)C2=O. The Balaban J connectivity index is 1.32. The predicted octanol–water partition coefficient (Wildman–Crippen LogP) is 4.32. The van der Waals surface area contributed by atoms with E-state index >= 15 is 0 Å². The number of nitrogens with zero attached hydrogens (tertiary/aromatic N) is 1. The summed E-state index contributed by atoms with van der Waals surface area (Å²) in [6, 6.07) is 25.5. The highest BCUT2D eigenvalue weighted by Gasteiger charge is 2.34. The monoisotopic (exact) mass is 426 g/mol. The number of carbonyl (C=O) groups excluding carboxylic acids is 3. The molecule has 0 saturated heterocycles. The Hall–Kier alpha value is -3.73. The Morgan fingerprint density at radius 1 is 0.844 bits per heavy atom. The molecule has 162 valence electrons. The van der Waals surface area contributed by atoms with Gasteiger partial charge in [0.15, 0.2) is 0 Å². The lowest BCUT2D eigenvalue weighted by Gasteiger charge is -2.19.